The van der Waals surface area contributed by atoms with Crippen LogP contribution >= 0.6 is 0 Å². The van der Waals surface area contributed by atoms with Crippen LogP contribution in [0.4, 0.5) is 5.69 Å². The summed E-state index contributed by atoms with van der Waals surface area (Å²) in [6.45, 7) is 4.38. The summed E-state index contributed by atoms with van der Waals surface area (Å²) in [5, 5.41) is 0. The van der Waals surface area contributed by atoms with Crippen molar-refractivity contribution in [2.24, 2.45) is 0 Å². The Hall–Kier alpha value is -0.980. The number of nitrogen functional groups attached to an aromatic ring is 1. The lowest BCUT2D eigenvalue weighted by atomic mass is 10.0. The van der Waals surface area contributed by atoms with E-state index in [1.165, 1.54) is 17.5 Å². The average Bonchev–Trinajstić information content (AvgIpc) is 2.05. The fraction of sp³-hybridized carbons (Fsp3) is 0.455. The van der Waals surface area contributed by atoms with Gasteiger partial charge in [-0.2, -0.15) is 0 Å². The number of benzene rings is 1. The molecule has 0 unspecified atom stereocenters. The Bertz CT molecular complexity index is 253. The van der Waals surface area contributed by atoms with E-state index in [1.54, 1.807) is 0 Å². The lowest BCUT2D eigenvalue weighted by molar-refractivity contribution is 0.900. The molecule has 1 rings (SSSR count). The Kier molecular flexibility index (Phi) is 3.15. The highest BCUT2D eigenvalue weighted by Gasteiger charge is 1.99. The van der Waals surface area contributed by atoms with Crippen LogP contribution in [0, 0.1) is 0 Å². The van der Waals surface area contributed by atoms with Crippen LogP contribution < -0.4 is 5.73 Å². The van der Waals surface area contributed by atoms with E-state index < -0.39 is 0 Å². The second kappa shape index (κ2) is 4.15. The van der Waals surface area contributed by atoms with Crippen molar-refractivity contribution in [2.45, 2.75) is 33.1 Å². The first kappa shape index (κ1) is 9.11. The van der Waals surface area contributed by atoms with Gasteiger partial charge in [-0.1, -0.05) is 26.3 Å². The summed E-state index contributed by atoms with van der Waals surface area (Å²) in [6, 6.07) is 6.22. The lowest BCUT2D eigenvalue weighted by Crippen LogP contribution is -1.94. The third-order valence-electron chi connectivity index (χ3n) is 2.13. The molecule has 1 heteroatoms. The van der Waals surface area contributed by atoms with Gasteiger partial charge in [0.25, 0.3) is 0 Å². The zero-order chi connectivity index (χ0) is 8.97. The summed E-state index contributed by atoms with van der Waals surface area (Å²) in [5.74, 6) is 0. The quantitative estimate of drug-likeness (QED) is 0.681. The highest BCUT2D eigenvalue weighted by atomic mass is 14.5. The molecule has 2 N–H and O–H groups in total. The number of aryl methyl sites for hydroxylation is 2. The first-order chi connectivity index (χ1) is 5.77. The Morgan fingerprint density at radius 1 is 1.17 bits per heavy atom. The molecule has 0 aliphatic heterocycles. The van der Waals surface area contributed by atoms with Crippen molar-refractivity contribution >= 4 is 5.69 Å². The van der Waals surface area contributed by atoms with Gasteiger partial charge in [-0.3, -0.25) is 0 Å². The van der Waals surface area contributed by atoms with Gasteiger partial charge in [-0.15, -0.1) is 0 Å². The normalized spacial score (nSPS) is 10.2. The predicted octanol–water partition coefficient (Wildman–Crippen LogP) is 2.78. The van der Waals surface area contributed by atoms with E-state index in [9.17, 15) is 0 Å². The first-order valence-electron chi connectivity index (χ1n) is 4.65. The highest BCUT2D eigenvalue weighted by Crippen LogP contribution is 2.15. The van der Waals surface area contributed by atoms with Crippen LogP contribution in [0.25, 0.3) is 0 Å². The molecule has 1 aromatic rings. The smallest absolute Gasteiger partial charge is 0.0316 e. The Morgan fingerprint density at radius 3 is 2.50 bits per heavy atom. The zero-order valence-corrected chi connectivity index (χ0v) is 7.93. The summed E-state index contributed by atoms with van der Waals surface area (Å²) in [7, 11) is 0. The number of rotatable bonds is 3. The minimum Gasteiger partial charge on any atom is -0.399 e. The fourth-order valence-corrected chi connectivity index (χ4v) is 1.49. The molecule has 0 atom stereocenters. The van der Waals surface area contributed by atoms with E-state index >= 15 is 0 Å². The Labute approximate surface area is 74.6 Å². The van der Waals surface area contributed by atoms with Gasteiger partial charge in [0, 0.05) is 5.69 Å². The maximum absolute atomic E-state index is 5.71. The molecule has 1 nitrogen and oxygen atoms in total. The maximum atomic E-state index is 5.71. The molecule has 1 aromatic carbocycles. The zero-order valence-electron chi connectivity index (χ0n) is 7.93. The molecular weight excluding hydrogens is 146 g/mol. The molecule has 0 fully saturated rings. The minimum absolute atomic E-state index is 0.885. The van der Waals surface area contributed by atoms with E-state index in [4.69, 9.17) is 5.73 Å². The summed E-state index contributed by atoms with van der Waals surface area (Å²) in [4.78, 5) is 0. The molecule has 0 bridgehead atoms. The van der Waals surface area contributed by atoms with Gasteiger partial charge in [-0.05, 0) is 36.1 Å². The third kappa shape index (κ3) is 2.00. The van der Waals surface area contributed by atoms with Gasteiger partial charge in [0.1, 0.15) is 0 Å². The van der Waals surface area contributed by atoms with Gasteiger partial charge in [-0.25, -0.2) is 0 Å². The molecule has 0 spiro atoms. The van der Waals surface area contributed by atoms with E-state index in [2.05, 4.69) is 26.0 Å². The van der Waals surface area contributed by atoms with Gasteiger partial charge in [0.05, 0.1) is 0 Å². The second-order valence-corrected chi connectivity index (χ2v) is 3.13. The van der Waals surface area contributed by atoms with Crippen LogP contribution in [-0.2, 0) is 12.8 Å². The molecule has 0 saturated heterocycles. The summed E-state index contributed by atoms with van der Waals surface area (Å²) in [5.41, 5.74) is 9.45. The largest absolute Gasteiger partial charge is 0.399 e. The van der Waals surface area contributed by atoms with Crippen molar-refractivity contribution in [3.63, 3.8) is 0 Å². The molecular formula is C11H17N. The van der Waals surface area contributed by atoms with Crippen molar-refractivity contribution in [1.29, 1.82) is 0 Å². The van der Waals surface area contributed by atoms with Gasteiger partial charge in [0.15, 0.2) is 0 Å². The van der Waals surface area contributed by atoms with Crippen LogP contribution in [-0.4, -0.2) is 0 Å². The van der Waals surface area contributed by atoms with Gasteiger partial charge < -0.3 is 5.73 Å². The van der Waals surface area contributed by atoms with Crippen LogP contribution in [0.5, 0.6) is 0 Å². The molecule has 0 aliphatic rings. The molecule has 0 radical (unpaired) electrons. The summed E-state index contributed by atoms with van der Waals surface area (Å²) in [6.07, 6.45) is 3.44. The number of hydrogen-bond donors (Lipinski definition) is 1. The van der Waals surface area contributed by atoms with Crippen LogP contribution in [0.15, 0.2) is 18.2 Å². The average molecular weight is 163 g/mol. The van der Waals surface area contributed by atoms with Gasteiger partial charge in [0.2, 0.25) is 0 Å². The van der Waals surface area contributed by atoms with Gasteiger partial charge >= 0.3 is 0 Å². The Balaban J connectivity index is 2.95. The Morgan fingerprint density at radius 2 is 1.92 bits per heavy atom. The monoisotopic (exact) mass is 163 g/mol. The highest BCUT2D eigenvalue weighted by molar-refractivity contribution is 5.44. The van der Waals surface area contributed by atoms with Crippen LogP contribution in [0.1, 0.15) is 31.4 Å². The van der Waals surface area contributed by atoms with Crippen molar-refractivity contribution in [2.75, 3.05) is 5.73 Å². The second-order valence-electron chi connectivity index (χ2n) is 3.13. The van der Waals surface area contributed by atoms with E-state index in [-0.39, 0.29) is 0 Å². The summed E-state index contributed by atoms with van der Waals surface area (Å²) >= 11 is 0. The van der Waals surface area contributed by atoms with E-state index in [1.807, 2.05) is 6.07 Å². The number of nitrogens with two attached hydrogens (primary N) is 1. The van der Waals surface area contributed by atoms with Crippen molar-refractivity contribution < 1.29 is 0 Å². The van der Waals surface area contributed by atoms with Crippen molar-refractivity contribution in [3.8, 4) is 0 Å². The number of hydrogen-bond acceptors (Lipinski definition) is 1. The van der Waals surface area contributed by atoms with Crippen LogP contribution in [0.2, 0.25) is 0 Å². The first-order valence-corrected chi connectivity index (χ1v) is 4.65. The molecule has 0 saturated carbocycles. The predicted molar refractivity (Wildman–Crippen MR) is 54.2 cm³/mol. The lowest BCUT2D eigenvalue weighted by Gasteiger charge is -2.06. The molecule has 0 heterocycles. The van der Waals surface area contributed by atoms with Crippen molar-refractivity contribution in [1.82, 2.24) is 0 Å². The number of anilines is 1. The molecule has 0 amide bonds. The SMILES string of the molecule is CCCc1cc(N)ccc1CC. The molecule has 66 valence electrons. The third-order valence-corrected chi connectivity index (χ3v) is 2.13. The van der Waals surface area contributed by atoms with Crippen molar-refractivity contribution in [3.05, 3.63) is 29.3 Å². The molecule has 0 aliphatic carbocycles. The standard InChI is InChI=1S/C11H17N/c1-3-5-10-8-11(12)7-6-9(10)4-2/h6-8H,3-5,12H2,1-2H3. The molecule has 12 heavy (non-hydrogen) atoms. The topological polar surface area (TPSA) is 26.0 Å². The maximum Gasteiger partial charge on any atom is 0.0316 e. The minimum atomic E-state index is 0.885. The fourth-order valence-electron chi connectivity index (χ4n) is 1.49. The summed E-state index contributed by atoms with van der Waals surface area (Å²) < 4.78 is 0. The van der Waals surface area contributed by atoms with E-state index in [0.717, 1.165) is 18.5 Å². The van der Waals surface area contributed by atoms with Crippen LogP contribution in [0.3, 0.4) is 0 Å². The molecule has 0 aromatic heterocycles. The van der Waals surface area contributed by atoms with E-state index in [0.29, 0.717) is 0 Å².